The van der Waals surface area contributed by atoms with Gasteiger partial charge in [-0.1, -0.05) is 42.5 Å². The SMILES string of the molecule is O=c1c2ccccc2nc(-c2ccccc2)n1N=Cc1ccc(N2CCCCC2)cc1F. The Bertz CT molecular complexity index is 1340. The number of hydrogen-bond donors (Lipinski definition) is 0. The first-order valence-electron chi connectivity index (χ1n) is 10.9. The predicted molar refractivity (Wildman–Crippen MR) is 127 cm³/mol. The van der Waals surface area contributed by atoms with Gasteiger partial charge in [0.05, 0.1) is 17.1 Å². The molecule has 0 bridgehead atoms. The van der Waals surface area contributed by atoms with Crippen LogP contribution in [0.2, 0.25) is 0 Å². The van der Waals surface area contributed by atoms with Crippen LogP contribution in [0.5, 0.6) is 0 Å². The van der Waals surface area contributed by atoms with Crippen LogP contribution in [0.25, 0.3) is 22.3 Å². The summed E-state index contributed by atoms with van der Waals surface area (Å²) < 4.78 is 16.1. The highest BCUT2D eigenvalue weighted by molar-refractivity contribution is 5.82. The van der Waals surface area contributed by atoms with Crippen molar-refractivity contribution in [2.45, 2.75) is 19.3 Å². The van der Waals surface area contributed by atoms with Crippen LogP contribution in [-0.4, -0.2) is 29.0 Å². The van der Waals surface area contributed by atoms with E-state index in [0.29, 0.717) is 22.3 Å². The summed E-state index contributed by atoms with van der Waals surface area (Å²) in [5, 5.41) is 4.83. The molecular weight excluding hydrogens is 403 g/mol. The number of para-hydroxylation sites is 1. The second-order valence-electron chi connectivity index (χ2n) is 7.93. The molecular formula is C26H23FN4O. The van der Waals surface area contributed by atoms with Crippen LogP contribution in [0.4, 0.5) is 10.1 Å². The molecule has 6 heteroatoms. The van der Waals surface area contributed by atoms with Crippen LogP contribution < -0.4 is 10.5 Å². The molecule has 0 spiro atoms. The molecule has 4 aromatic rings. The molecule has 0 saturated carbocycles. The number of nitrogens with zero attached hydrogens (tertiary/aromatic N) is 4. The van der Waals surface area contributed by atoms with Crippen molar-refractivity contribution in [1.29, 1.82) is 0 Å². The maximum Gasteiger partial charge on any atom is 0.282 e. The number of fused-ring (bicyclic) bond motifs is 1. The number of aromatic nitrogens is 2. The number of halogens is 1. The first-order chi connectivity index (χ1) is 15.7. The fraction of sp³-hybridized carbons (Fsp3) is 0.192. The monoisotopic (exact) mass is 426 g/mol. The summed E-state index contributed by atoms with van der Waals surface area (Å²) >= 11 is 0. The van der Waals surface area contributed by atoms with E-state index in [1.165, 1.54) is 17.3 Å². The minimum atomic E-state index is -0.361. The molecule has 32 heavy (non-hydrogen) atoms. The van der Waals surface area contributed by atoms with Crippen LogP contribution in [0.3, 0.4) is 0 Å². The van der Waals surface area contributed by atoms with Crippen molar-refractivity contribution in [3.05, 3.63) is 94.5 Å². The van der Waals surface area contributed by atoms with Gasteiger partial charge in [0, 0.05) is 29.9 Å². The van der Waals surface area contributed by atoms with E-state index >= 15 is 0 Å². The van der Waals surface area contributed by atoms with Crippen molar-refractivity contribution in [2.24, 2.45) is 5.10 Å². The van der Waals surface area contributed by atoms with Crippen LogP contribution in [0.1, 0.15) is 24.8 Å². The Morgan fingerprint density at radius 1 is 0.906 bits per heavy atom. The van der Waals surface area contributed by atoms with Crippen LogP contribution in [0.15, 0.2) is 82.7 Å². The van der Waals surface area contributed by atoms with E-state index in [9.17, 15) is 9.18 Å². The van der Waals surface area contributed by atoms with Crippen molar-refractivity contribution in [2.75, 3.05) is 18.0 Å². The minimum Gasteiger partial charge on any atom is -0.371 e. The van der Waals surface area contributed by atoms with E-state index in [-0.39, 0.29) is 11.4 Å². The van der Waals surface area contributed by atoms with Gasteiger partial charge in [0.2, 0.25) is 0 Å². The number of hydrogen-bond acceptors (Lipinski definition) is 4. The third-order valence-corrected chi connectivity index (χ3v) is 5.80. The van der Waals surface area contributed by atoms with E-state index in [1.807, 2.05) is 42.5 Å². The van der Waals surface area contributed by atoms with Gasteiger partial charge in [-0.2, -0.15) is 9.78 Å². The van der Waals surface area contributed by atoms with Crippen LogP contribution >= 0.6 is 0 Å². The average Bonchev–Trinajstić information content (AvgIpc) is 2.85. The maximum atomic E-state index is 14.9. The zero-order valence-electron chi connectivity index (χ0n) is 17.6. The molecule has 1 fully saturated rings. The van der Waals surface area contributed by atoms with Crippen molar-refractivity contribution < 1.29 is 4.39 Å². The molecule has 1 aromatic heterocycles. The number of piperidine rings is 1. The predicted octanol–water partition coefficient (Wildman–Crippen LogP) is 5.08. The zero-order valence-corrected chi connectivity index (χ0v) is 17.6. The van der Waals surface area contributed by atoms with E-state index in [1.54, 1.807) is 30.3 Å². The Morgan fingerprint density at radius 3 is 2.44 bits per heavy atom. The van der Waals surface area contributed by atoms with Crippen LogP contribution in [-0.2, 0) is 0 Å². The molecule has 0 aliphatic carbocycles. The summed E-state index contributed by atoms with van der Waals surface area (Å²) in [5.74, 6) is 0.0516. The molecule has 0 atom stereocenters. The highest BCUT2D eigenvalue weighted by atomic mass is 19.1. The second-order valence-corrected chi connectivity index (χ2v) is 7.93. The molecule has 0 unspecified atom stereocenters. The molecule has 0 N–H and O–H groups in total. The van der Waals surface area contributed by atoms with E-state index in [2.05, 4.69) is 15.0 Å². The van der Waals surface area contributed by atoms with Crippen molar-refractivity contribution in [1.82, 2.24) is 9.66 Å². The molecule has 3 aromatic carbocycles. The first kappa shape index (κ1) is 20.1. The van der Waals surface area contributed by atoms with Gasteiger partial charge in [-0.3, -0.25) is 4.79 Å². The standard InChI is InChI=1S/C26H23FN4O/c27-23-17-21(30-15-7-2-8-16-30)14-13-20(23)18-28-31-25(19-9-3-1-4-10-19)29-24-12-6-5-11-22(24)26(31)32/h1,3-6,9-14,17-18H,2,7-8,15-16H2. The van der Waals surface area contributed by atoms with Gasteiger partial charge in [-0.25, -0.2) is 9.37 Å². The topological polar surface area (TPSA) is 50.5 Å². The largest absolute Gasteiger partial charge is 0.371 e. The van der Waals surface area contributed by atoms with Crippen molar-refractivity contribution in [3.8, 4) is 11.4 Å². The molecule has 2 heterocycles. The second kappa shape index (κ2) is 8.75. The highest BCUT2D eigenvalue weighted by Crippen LogP contribution is 2.22. The number of benzene rings is 3. The smallest absolute Gasteiger partial charge is 0.282 e. The van der Waals surface area contributed by atoms with Gasteiger partial charge < -0.3 is 4.90 Å². The molecule has 160 valence electrons. The summed E-state index contributed by atoms with van der Waals surface area (Å²) in [6.07, 6.45) is 4.87. The van der Waals surface area contributed by atoms with Gasteiger partial charge in [0.1, 0.15) is 5.82 Å². The Morgan fingerprint density at radius 2 is 1.66 bits per heavy atom. The molecule has 5 nitrogen and oxygen atoms in total. The molecule has 0 amide bonds. The fourth-order valence-corrected chi connectivity index (χ4v) is 4.09. The normalized spacial score (nSPS) is 14.3. The lowest BCUT2D eigenvalue weighted by atomic mass is 10.1. The minimum absolute atomic E-state index is 0.295. The lowest BCUT2D eigenvalue weighted by molar-refractivity contribution is 0.574. The first-order valence-corrected chi connectivity index (χ1v) is 10.9. The van der Waals surface area contributed by atoms with Crippen LogP contribution in [0, 0.1) is 5.82 Å². The average molecular weight is 426 g/mol. The van der Waals surface area contributed by atoms with Crippen molar-refractivity contribution in [3.63, 3.8) is 0 Å². The van der Waals surface area contributed by atoms with Gasteiger partial charge >= 0.3 is 0 Å². The Hall–Kier alpha value is -3.80. The van der Waals surface area contributed by atoms with Gasteiger partial charge in [-0.15, -0.1) is 0 Å². The quantitative estimate of drug-likeness (QED) is 0.428. The molecule has 1 aliphatic rings. The molecule has 1 aliphatic heterocycles. The summed E-state index contributed by atoms with van der Waals surface area (Å²) in [4.78, 5) is 20.1. The zero-order chi connectivity index (χ0) is 21.9. The third kappa shape index (κ3) is 3.91. The van der Waals surface area contributed by atoms with Gasteiger partial charge in [0.15, 0.2) is 5.82 Å². The van der Waals surface area contributed by atoms with E-state index < -0.39 is 0 Å². The third-order valence-electron chi connectivity index (χ3n) is 5.80. The fourth-order valence-electron chi connectivity index (χ4n) is 4.09. The Balaban J connectivity index is 1.56. The summed E-state index contributed by atoms with van der Waals surface area (Å²) in [6.45, 7) is 1.90. The maximum absolute atomic E-state index is 14.9. The van der Waals surface area contributed by atoms with Crippen molar-refractivity contribution >= 4 is 22.8 Å². The summed E-state index contributed by atoms with van der Waals surface area (Å²) in [7, 11) is 0. The van der Waals surface area contributed by atoms with Gasteiger partial charge in [-0.05, 0) is 49.6 Å². The number of anilines is 1. The summed E-state index contributed by atoms with van der Waals surface area (Å²) in [5.41, 5.74) is 2.27. The Kier molecular flexibility index (Phi) is 5.50. The summed E-state index contributed by atoms with van der Waals surface area (Å²) in [6, 6.07) is 21.7. The molecule has 5 rings (SSSR count). The highest BCUT2D eigenvalue weighted by Gasteiger charge is 2.14. The lowest BCUT2D eigenvalue weighted by Crippen LogP contribution is -2.29. The van der Waals surface area contributed by atoms with E-state index in [0.717, 1.165) is 37.2 Å². The Labute approximate surface area is 185 Å². The number of rotatable bonds is 4. The molecule has 0 radical (unpaired) electrons. The van der Waals surface area contributed by atoms with Gasteiger partial charge in [0.25, 0.3) is 5.56 Å². The molecule has 1 saturated heterocycles. The lowest BCUT2D eigenvalue weighted by Gasteiger charge is -2.28. The van der Waals surface area contributed by atoms with E-state index in [4.69, 9.17) is 0 Å².